The Morgan fingerprint density at radius 3 is 2.60 bits per heavy atom. The van der Waals surface area contributed by atoms with Crippen LogP contribution in [0.3, 0.4) is 0 Å². The van der Waals surface area contributed by atoms with E-state index in [9.17, 15) is 13.6 Å². The first-order valence-electron chi connectivity index (χ1n) is 7.40. The molecule has 0 spiro atoms. The Morgan fingerprint density at radius 1 is 1.20 bits per heavy atom. The van der Waals surface area contributed by atoms with E-state index in [4.69, 9.17) is 16.1 Å². The van der Waals surface area contributed by atoms with Crippen LogP contribution in [0.5, 0.6) is 0 Å². The van der Waals surface area contributed by atoms with Gasteiger partial charge in [-0.3, -0.25) is 4.79 Å². The zero-order valence-corrected chi connectivity index (χ0v) is 13.9. The third-order valence-corrected chi connectivity index (χ3v) is 3.97. The van der Waals surface area contributed by atoms with Crippen molar-refractivity contribution >= 4 is 17.5 Å². The van der Waals surface area contributed by atoms with Crippen molar-refractivity contribution < 1.29 is 18.1 Å². The molecule has 3 aromatic rings. The summed E-state index contributed by atoms with van der Waals surface area (Å²) in [5.41, 5.74) is 0.869. The van der Waals surface area contributed by atoms with Gasteiger partial charge in [-0.1, -0.05) is 35.0 Å². The SMILES string of the molecule is Cc1onc(-c2c(F)cccc2Cl)c1C(=O)NCc1ccc(F)cc1. The molecule has 0 fully saturated rings. The lowest BCUT2D eigenvalue weighted by atomic mass is 10.0. The first-order valence-corrected chi connectivity index (χ1v) is 7.78. The standard InChI is InChI=1S/C18H13ClF2N2O2/c1-10-15(18(24)22-9-11-5-7-12(20)8-6-11)17(23-25-10)16-13(19)3-2-4-14(16)21/h2-8H,9H2,1H3,(H,22,24). The van der Waals surface area contributed by atoms with Gasteiger partial charge in [0.15, 0.2) is 0 Å². The van der Waals surface area contributed by atoms with Crippen LogP contribution in [-0.2, 0) is 6.54 Å². The Labute approximate surface area is 147 Å². The maximum Gasteiger partial charge on any atom is 0.257 e. The normalized spacial score (nSPS) is 10.7. The Hall–Kier alpha value is -2.73. The number of benzene rings is 2. The number of carbonyl (C=O) groups excluding carboxylic acids is 1. The molecule has 128 valence electrons. The first-order chi connectivity index (χ1) is 12.0. The number of amides is 1. The summed E-state index contributed by atoms with van der Waals surface area (Å²) in [6.45, 7) is 1.73. The van der Waals surface area contributed by atoms with Gasteiger partial charge >= 0.3 is 0 Å². The monoisotopic (exact) mass is 362 g/mol. The van der Waals surface area contributed by atoms with Gasteiger partial charge in [-0.25, -0.2) is 8.78 Å². The summed E-state index contributed by atoms with van der Waals surface area (Å²) < 4.78 is 32.1. The van der Waals surface area contributed by atoms with Crippen molar-refractivity contribution in [3.05, 3.63) is 76.0 Å². The molecule has 0 bridgehead atoms. The Bertz CT molecular complexity index is 903. The molecule has 0 aliphatic heterocycles. The number of rotatable bonds is 4. The predicted molar refractivity (Wildman–Crippen MR) is 89.2 cm³/mol. The fourth-order valence-corrected chi connectivity index (χ4v) is 2.66. The van der Waals surface area contributed by atoms with E-state index in [2.05, 4.69) is 10.5 Å². The number of nitrogens with zero attached hydrogens (tertiary/aromatic N) is 1. The highest BCUT2D eigenvalue weighted by Crippen LogP contribution is 2.33. The molecular weight excluding hydrogens is 350 g/mol. The van der Waals surface area contributed by atoms with Crippen LogP contribution in [0.2, 0.25) is 5.02 Å². The van der Waals surface area contributed by atoms with Gasteiger partial charge in [0.2, 0.25) is 0 Å². The Balaban J connectivity index is 1.88. The van der Waals surface area contributed by atoms with E-state index in [0.29, 0.717) is 5.56 Å². The predicted octanol–water partition coefficient (Wildman–Crippen LogP) is 4.51. The molecule has 3 rings (SSSR count). The smallest absolute Gasteiger partial charge is 0.257 e. The van der Waals surface area contributed by atoms with Crippen molar-refractivity contribution in [2.45, 2.75) is 13.5 Å². The van der Waals surface area contributed by atoms with E-state index in [1.165, 1.54) is 30.3 Å². The third kappa shape index (κ3) is 3.53. The largest absolute Gasteiger partial charge is 0.360 e. The van der Waals surface area contributed by atoms with Crippen LogP contribution in [0.1, 0.15) is 21.7 Å². The highest BCUT2D eigenvalue weighted by Gasteiger charge is 2.25. The molecule has 1 heterocycles. The molecule has 1 amide bonds. The molecule has 0 aliphatic rings. The molecule has 7 heteroatoms. The second kappa shape index (κ2) is 7.03. The lowest BCUT2D eigenvalue weighted by Gasteiger charge is -2.07. The highest BCUT2D eigenvalue weighted by atomic mass is 35.5. The van der Waals surface area contributed by atoms with Crippen LogP contribution >= 0.6 is 11.6 Å². The van der Waals surface area contributed by atoms with Crippen molar-refractivity contribution in [1.82, 2.24) is 10.5 Å². The van der Waals surface area contributed by atoms with E-state index in [1.807, 2.05) is 0 Å². The molecule has 0 saturated carbocycles. The van der Waals surface area contributed by atoms with E-state index in [1.54, 1.807) is 19.1 Å². The van der Waals surface area contributed by atoms with Crippen LogP contribution < -0.4 is 5.32 Å². The lowest BCUT2D eigenvalue weighted by Crippen LogP contribution is -2.23. The molecule has 0 saturated heterocycles. The topological polar surface area (TPSA) is 55.1 Å². The molecule has 4 nitrogen and oxygen atoms in total. The van der Waals surface area contributed by atoms with Gasteiger partial charge in [-0.05, 0) is 36.8 Å². The van der Waals surface area contributed by atoms with Gasteiger partial charge in [0.1, 0.15) is 28.7 Å². The van der Waals surface area contributed by atoms with Crippen LogP contribution in [0.15, 0.2) is 47.0 Å². The summed E-state index contributed by atoms with van der Waals surface area (Å²) in [5.74, 6) is -1.21. The number of halogens is 3. The maximum absolute atomic E-state index is 14.1. The molecule has 0 radical (unpaired) electrons. The lowest BCUT2D eigenvalue weighted by molar-refractivity contribution is 0.0950. The summed E-state index contributed by atoms with van der Waals surface area (Å²) in [7, 11) is 0. The van der Waals surface area contributed by atoms with Gasteiger partial charge in [-0.2, -0.15) is 0 Å². The molecule has 0 unspecified atom stereocenters. The third-order valence-electron chi connectivity index (χ3n) is 3.66. The number of nitrogens with one attached hydrogen (secondary N) is 1. The molecule has 2 aromatic carbocycles. The second-order valence-corrected chi connectivity index (χ2v) is 5.78. The molecule has 1 N–H and O–H groups in total. The molecule has 0 aliphatic carbocycles. The van der Waals surface area contributed by atoms with Crippen molar-refractivity contribution in [3.63, 3.8) is 0 Å². The van der Waals surface area contributed by atoms with Crippen molar-refractivity contribution in [2.24, 2.45) is 0 Å². The van der Waals surface area contributed by atoms with E-state index < -0.39 is 11.7 Å². The molecule has 25 heavy (non-hydrogen) atoms. The summed E-state index contributed by atoms with van der Waals surface area (Å²) in [6, 6.07) is 9.92. The first kappa shape index (κ1) is 17.1. The average Bonchev–Trinajstić information content (AvgIpc) is 2.95. The highest BCUT2D eigenvalue weighted by molar-refractivity contribution is 6.33. The number of hydrogen-bond acceptors (Lipinski definition) is 3. The minimum absolute atomic E-state index is 0.00736. The minimum atomic E-state index is -0.603. The van der Waals surface area contributed by atoms with Crippen LogP contribution in [-0.4, -0.2) is 11.1 Å². The zero-order valence-electron chi connectivity index (χ0n) is 13.1. The molecular formula is C18H13ClF2N2O2. The molecule has 1 aromatic heterocycles. The Kier molecular flexibility index (Phi) is 4.81. The maximum atomic E-state index is 14.1. The number of aromatic nitrogens is 1. The van der Waals surface area contributed by atoms with Crippen molar-refractivity contribution in [3.8, 4) is 11.3 Å². The number of aryl methyl sites for hydroxylation is 1. The van der Waals surface area contributed by atoms with E-state index in [0.717, 1.165) is 0 Å². The fourth-order valence-electron chi connectivity index (χ4n) is 2.41. The Morgan fingerprint density at radius 2 is 1.92 bits per heavy atom. The zero-order chi connectivity index (χ0) is 18.0. The van der Waals surface area contributed by atoms with Gasteiger partial charge in [0.05, 0.1) is 10.6 Å². The van der Waals surface area contributed by atoms with Crippen molar-refractivity contribution in [2.75, 3.05) is 0 Å². The number of hydrogen-bond donors (Lipinski definition) is 1. The van der Waals surface area contributed by atoms with Crippen LogP contribution in [0.4, 0.5) is 8.78 Å². The van der Waals surface area contributed by atoms with Crippen molar-refractivity contribution in [1.29, 1.82) is 0 Å². The second-order valence-electron chi connectivity index (χ2n) is 5.37. The number of carbonyl (C=O) groups is 1. The summed E-state index contributed by atoms with van der Waals surface area (Å²) >= 11 is 6.05. The summed E-state index contributed by atoms with van der Waals surface area (Å²) in [4.78, 5) is 12.5. The van der Waals surface area contributed by atoms with Gasteiger partial charge in [-0.15, -0.1) is 0 Å². The molecule has 0 atom stereocenters. The van der Waals surface area contributed by atoms with Gasteiger partial charge < -0.3 is 9.84 Å². The summed E-state index contributed by atoms with van der Waals surface area (Å²) in [6.07, 6.45) is 0. The van der Waals surface area contributed by atoms with Crippen LogP contribution in [0.25, 0.3) is 11.3 Å². The quantitative estimate of drug-likeness (QED) is 0.742. The minimum Gasteiger partial charge on any atom is -0.360 e. The van der Waals surface area contributed by atoms with Gasteiger partial charge in [0.25, 0.3) is 5.91 Å². The fraction of sp³-hybridized carbons (Fsp3) is 0.111. The van der Waals surface area contributed by atoms with E-state index in [-0.39, 0.29) is 40.0 Å². The van der Waals surface area contributed by atoms with Crippen LogP contribution in [0, 0.1) is 18.6 Å². The summed E-state index contributed by atoms with van der Waals surface area (Å²) in [5, 5.41) is 6.60. The average molecular weight is 363 g/mol. The van der Waals surface area contributed by atoms with Gasteiger partial charge in [0, 0.05) is 6.54 Å². The van der Waals surface area contributed by atoms with E-state index >= 15 is 0 Å².